The molecular formula is C18H17FN2O4. The fraction of sp³-hybridized carbons (Fsp3) is 0.167. The first kappa shape index (κ1) is 18.1. The van der Waals surface area contributed by atoms with Crippen LogP contribution in [0.25, 0.3) is 0 Å². The Morgan fingerprint density at radius 2 is 1.72 bits per heavy atom. The molecule has 0 aromatic heterocycles. The van der Waals surface area contributed by atoms with E-state index in [9.17, 15) is 18.8 Å². The van der Waals surface area contributed by atoms with E-state index in [-0.39, 0.29) is 17.8 Å². The number of para-hydroxylation sites is 1. The lowest BCUT2D eigenvalue weighted by atomic mass is 10.1. The summed E-state index contributed by atoms with van der Waals surface area (Å²) in [7, 11) is 1.23. The number of benzene rings is 2. The van der Waals surface area contributed by atoms with Crippen LogP contribution < -0.4 is 10.2 Å². The van der Waals surface area contributed by atoms with E-state index >= 15 is 0 Å². The van der Waals surface area contributed by atoms with Gasteiger partial charge in [0.1, 0.15) is 12.4 Å². The third-order valence-corrected chi connectivity index (χ3v) is 3.41. The quantitative estimate of drug-likeness (QED) is 0.846. The van der Waals surface area contributed by atoms with E-state index in [1.807, 2.05) is 0 Å². The molecule has 0 atom stereocenters. The van der Waals surface area contributed by atoms with E-state index in [0.29, 0.717) is 5.69 Å². The van der Waals surface area contributed by atoms with Crippen LogP contribution in [0.1, 0.15) is 17.3 Å². The van der Waals surface area contributed by atoms with Gasteiger partial charge in [-0.3, -0.25) is 9.59 Å². The molecule has 0 aliphatic heterocycles. The van der Waals surface area contributed by atoms with Crippen LogP contribution in [0.4, 0.5) is 15.8 Å². The lowest BCUT2D eigenvalue weighted by Gasteiger charge is -2.22. The van der Waals surface area contributed by atoms with E-state index in [2.05, 4.69) is 5.32 Å². The van der Waals surface area contributed by atoms with Crippen LogP contribution in [0.3, 0.4) is 0 Å². The first-order valence-corrected chi connectivity index (χ1v) is 7.43. The molecule has 0 fully saturated rings. The second-order valence-corrected chi connectivity index (χ2v) is 5.17. The molecule has 0 saturated heterocycles. The van der Waals surface area contributed by atoms with Crippen molar-refractivity contribution >= 4 is 29.2 Å². The monoisotopic (exact) mass is 344 g/mol. The predicted molar refractivity (Wildman–Crippen MR) is 90.8 cm³/mol. The Labute approximate surface area is 144 Å². The summed E-state index contributed by atoms with van der Waals surface area (Å²) in [4.78, 5) is 37.3. The summed E-state index contributed by atoms with van der Waals surface area (Å²) in [6.07, 6.45) is 0. The smallest absolute Gasteiger partial charge is 0.339 e. The van der Waals surface area contributed by atoms with E-state index in [0.717, 1.165) is 0 Å². The summed E-state index contributed by atoms with van der Waals surface area (Å²) in [5.41, 5.74) is 0.849. The van der Waals surface area contributed by atoms with Gasteiger partial charge in [0, 0.05) is 12.6 Å². The highest BCUT2D eigenvalue weighted by Crippen LogP contribution is 2.21. The van der Waals surface area contributed by atoms with Crippen molar-refractivity contribution in [3.63, 3.8) is 0 Å². The average Bonchev–Trinajstić information content (AvgIpc) is 2.61. The third kappa shape index (κ3) is 4.63. The summed E-state index contributed by atoms with van der Waals surface area (Å²) in [5, 5.41) is 2.57. The molecule has 0 saturated carbocycles. The standard InChI is InChI=1S/C18H17FN2O4/c1-12(22)21(16-6-4-3-5-15(16)18(24)25-2)11-17(23)20-14-9-7-13(19)8-10-14/h3-10H,11H2,1-2H3,(H,20,23). The van der Waals surface area contributed by atoms with Crippen molar-refractivity contribution in [3.8, 4) is 0 Å². The zero-order chi connectivity index (χ0) is 18.4. The van der Waals surface area contributed by atoms with Crippen molar-refractivity contribution in [1.82, 2.24) is 0 Å². The van der Waals surface area contributed by atoms with Gasteiger partial charge in [-0.05, 0) is 36.4 Å². The minimum absolute atomic E-state index is 0.176. The third-order valence-electron chi connectivity index (χ3n) is 3.41. The summed E-state index contributed by atoms with van der Waals surface area (Å²) in [6, 6.07) is 11.6. The normalized spacial score (nSPS) is 10.0. The number of nitrogens with one attached hydrogen (secondary N) is 1. The molecule has 6 nitrogen and oxygen atoms in total. The Kier molecular flexibility index (Phi) is 5.84. The highest BCUT2D eigenvalue weighted by Gasteiger charge is 2.22. The van der Waals surface area contributed by atoms with Crippen LogP contribution in [-0.2, 0) is 14.3 Å². The Balaban J connectivity index is 2.22. The first-order valence-electron chi connectivity index (χ1n) is 7.43. The molecule has 0 aliphatic carbocycles. The summed E-state index contributed by atoms with van der Waals surface area (Å²) in [6.45, 7) is 0.986. The molecule has 0 radical (unpaired) electrons. The first-order chi connectivity index (χ1) is 11.9. The SMILES string of the molecule is COC(=O)c1ccccc1N(CC(=O)Nc1ccc(F)cc1)C(C)=O. The Morgan fingerprint density at radius 1 is 1.08 bits per heavy atom. The van der Waals surface area contributed by atoms with Crippen molar-refractivity contribution in [2.75, 3.05) is 23.9 Å². The highest BCUT2D eigenvalue weighted by molar-refractivity contribution is 6.06. The van der Waals surface area contributed by atoms with E-state index in [1.54, 1.807) is 18.2 Å². The van der Waals surface area contributed by atoms with Gasteiger partial charge in [-0.1, -0.05) is 12.1 Å². The Morgan fingerprint density at radius 3 is 2.32 bits per heavy atom. The second-order valence-electron chi connectivity index (χ2n) is 5.17. The highest BCUT2D eigenvalue weighted by atomic mass is 19.1. The zero-order valence-corrected chi connectivity index (χ0v) is 13.8. The van der Waals surface area contributed by atoms with Crippen LogP contribution in [0.5, 0.6) is 0 Å². The van der Waals surface area contributed by atoms with E-state index in [1.165, 1.54) is 49.3 Å². The minimum Gasteiger partial charge on any atom is -0.465 e. The van der Waals surface area contributed by atoms with Crippen LogP contribution in [0, 0.1) is 5.82 Å². The number of carbonyl (C=O) groups excluding carboxylic acids is 3. The van der Waals surface area contributed by atoms with Crippen molar-refractivity contribution in [3.05, 3.63) is 59.9 Å². The van der Waals surface area contributed by atoms with Crippen molar-refractivity contribution in [1.29, 1.82) is 0 Å². The summed E-state index contributed by atoms with van der Waals surface area (Å²) >= 11 is 0. The Hall–Kier alpha value is -3.22. The van der Waals surface area contributed by atoms with Gasteiger partial charge in [0.05, 0.1) is 18.4 Å². The number of esters is 1. The lowest BCUT2D eigenvalue weighted by Crippen LogP contribution is -2.37. The van der Waals surface area contributed by atoms with Crippen LogP contribution in [0.2, 0.25) is 0 Å². The van der Waals surface area contributed by atoms with E-state index in [4.69, 9.17) is 4.74 Å². The molecule has 2 aromatic carbocycles. The van der Waals surface area contributed by atoms with Crippen LogP contribution in [-0.4, -0.2) is 31.4 Å². The largest absolute Gasteiger partial charge is 0.465 e. The number of carbonyl (C=O) groups is 3. The number of methoxy groups -OCH3 is 1. The van der Waals surface area contributed by atoms with Gasteiger partial charge in [-0.15, -0.1) is 0 Å². The number of anilines is 2. The van der Waals surface area contributed by atoms with Crippen molar-refractivity contribution in [2.45, 2.75) is 6.92 Å². The topological polar surface area (TPSA) is 75.7 Å². The fourth-order valence-electron chi connectivity index (χ4n) is 2.24. The molecule has 1 N–H and O–H groups in total. The molecule has 0 aliphatic rings. The van der Waals surface area contributed by atoms with E-state index < -0.39 is 23.6 Å². The number of amides is 2. The molecule has 130 valence electrons. The number of halogens is 1. The van der Waals surface area contributed by atoms with Gasteiger partial charge in [-0.25, -0.2) is 9.18 Å². The molecule has 2 amide bonds. The molecule has 25 heavy (non-hydrogen) atoms. The molecule has 0 spiro atoms. The number of nitrogens with zero attached hydrogens (tertiary/aromatic N) is 1. The predicted octanol–water partition coefficient (Wildman–Crippen LogP) is 2.60. The van der Waals surface area contributed by atoms with Gasteiger partial charge in [-0.2, -0.15) is 0 Å². The number of hydrogen-bond donors (Lipinski definition) is 1. The van der Waals surface area contributed by atoms with Crippen LogP contribution in [0.15, 0.2) is 48.5 Å². The lowest BCUT2D eigenvalue weighted by molar-refractivity contribution is -0.120. The molecule has 2 rings (SSSR count). The van der Waals surface area contributed by atoms with Gasteiger partial charge >= 0.3 is 5.97 Å². The summed E-state index contributed by atoms with van der Waals surface area (Å²) in [5.74, 6) is -1.93. The average molecular weight is 344 g/mol. The van der Waals surface area contributed by atoms with Crippen LogP contribution >= 0.6 is 0 Å². The summed E-state index contributed by atoms with van der Waals surface area (Å²) < 4.78 is 17.6. The maximum absolute atomic E-state index is 12.9. The Bertz CT molecular complexity index is 790. The maximum atomic E-state index is 12.9. The van der Waals surface area contributed by atoms with Gasteiger partial charge < -0.3 is 15.0 Å². The number of ether oxygens (including phenoxy) is 1. The molecular weight excluding hydrogens is 327 g/mol. The fourth-order valence-corrected chi connectivity index (χ4v) is 2.24. The molecule has 7 heteroatoms. The van der Waals surface area contributed by atoms with Gasteiger partial charge in [0.15, 0.2) is 0 Å². The van der Waals surface area contributed by atoms with Crippen molar-refractivity contribution in [2.24, 2.45) is 0 Å². The van der Waals surface area contributed by atoms with Gasteiger partial charge in [0.25, 0.3) is 0 Å². The number of rotatable bonds is 5. The second kappa shape index (κ2) is 8.05. The minimum atomic E-state index is -0.610. The maximum Gasteiger partial charge on any atom is 0.339 e. The molecule has 0 unspecified atom stereocenters. The number of hydrogen-bond acceptors (Lipinski definition) is 4. The zero-order valence-electron chi connectivity index (χ0n) is 13.8. The molecule has 2 aromatic rings. The molecule has 0 heterocycles. The molecule has 0 bridgehead atoms. The van der Waals surface area contributed by atoms with Crippen molar-refractivity contribution < 1.29 is 23.5 Å². The van der Waals surface area contributed by atoms with Gasteiger partial charge in [0.2, 0.25) is 11.8 Å².